The molecule has 0 N–H and O–H groups in total. The van der Waals surface area contributed by atoms with E-state index in [1.54, 1.807) is 31.4 Å². The SMILES string of the molecule is COc1cc(Br)c2c(Cl)nc(-c3cccc(F)c3)nc2c1. The van der Waals surface area contributed by atoms with Crippen LogP contribution in [0.1, 0.15) is 0 Å². The van der Waals surface area contributed by atoms with Crippen molar-refractivity contribution in [1.29, 1.82) is 0 Å². The largest absolute Gasteiger partial charge is 0.497 e. The van der Waals surface area contributed by atoms with Crippen molar-refractivity contribution in [3.63, 3.8) is 0 Å². The Labute approximate surface area is 133 Å². The van der Waals surface area contributed by atoms with Crippen LogP contribution in [0.5, 0.6) is 5.75 Å². The Morgan fingerprint density at radius 3 is 2.71 bits per heavy atom. The van der Waals surface area contributed by atoms with Gasteiger partial charge in [-0.3, -0.25) is 0 Å². The second-order valence-electron chi connectivity index (χ2n) is 4.35. The maximum absolute atomic E-state index is 13.3. The van der Waals surface area contributed by atoms with Gasteiger partial charge in [-0.15, -0.1) is 0 Å². The van der Waals surface area contributed by atoms with Gasteiger partial charge in [0.05, 0.1) is 18.0 Å². The van der Waals surface area contributed by atoms with Crippen LogP contribution >= 0.6 is 27.5 Å². The first-order valence-corrected chi connectivity index (χ1v) is 7.22. The molecule has 0 unspecified atom stereocenters. The molecule has 6 heteroatoms. The molecule has 21 heavy (non-hydrogen) atoms. The zero-order chi connectivity index (χ0) is 15.0. The molecule has 2 aromatic carbocycles. The Morgan fingerprint density at radius 2 is 2.00 bits per heavy atom. The van der Waals surface area contributed by atoms with Gasteiger partial charge in [0, 0.05) is 16.1 Å². The van der Waals surface area contributed by atoms with Crippen LogP contribution in [0.15, 0.2) is 40.9 Å². The summed E-state index contributed by atoms with van der Waals surface area (Å²) in [5.74, 6) is 0.667. The molecule has 3 aromatic rings. The van der Waals surface area contributed by atoms with Crippen LogP contribution in [-0.2, 0) is 0 Å². The van der Waals surface area contributed by atoms with E-state index in [-0.39, 0.29) is 5.82 Å². The lowest BCUT2D eigenvalue weighted by Gasteiger charge is -2.08. The summed E-state index contributed by atoms with van der Waals surface area (Å²) in [6.45, 7) is 0. The van der Waals surface area contributed by atoms with Crippen LogP contribution < -0.4 is 4.74 Å². The zero-order valence-corrected chi connectivity index (χ0v) is 13.2. The fourth-order valence-electron chi connectivity index (χ4n) is 2.02. The summed E-state index contributed by atoms with van der Waals surface area (Å²) in [7, 11) is 1.57. The van der Waals surface area contributed by atoms with Crippen LogP contribution in [0.3, 0.4) is 0 Å². The molecule has 0 saturated heterocycles. The number of methoxy groups -OCH3 is 1. The summed E-state index contributed by atoms with van der Waals surface area (Å²) < 4.78 is 19.3. The molecule has 0 radical (unpaired) electrons. The molecular weight excluding hydrogens is 359 g/mol. The predicted octanol–water partition coefficient (Wildman–Crippen LogP) is 4.86. The zero-order valence-electron chi connectivity index (χ0n) is 10.9. The fraction of sp³-hybridized carbons (Fsp3) is 0.0667. The van der Waals surface area contributed by atoms with E-state index in [1.807, 2.05) is 0 Å². The highest BCUT2D eigenvalue weighted by Crippen LogP contribution is 2.34. The number of rotatable bonds is 2. The average Bonchev–Trinajstić information content (AvgIpc) is 2.46. The van der Waals surface area contributed by atoms with Crippen LogP contribution in [0, 0.1) is 5.82 Å². The number of ether oxygens (including phenoxy) is 1. The molecule has 106 valence electrons. The van der Waals surface area contributed by atoms with Gasteiger partial charge in [-0.2, -0.15) is 0 Å². The summed E-state index contributed by atoms with van der Waals surface area (Å²) in [5.41, 5.74) is 1.19. The molecule has 0 saturated carbocycles. The Balaban J connectivity index is 2.27. The van der Waals surface area contributed by atoms with Gasteiger partial charge in [0.25, 0.3) is 0 Å². The minimum Gasteiger partial charge on any atom is -0.497 e. The van der Waals surface area contributed by atoms with Gasteiger partial charge in [-0.05, 0) is 34.1 Å². The quantitative estimate of drug-likeness (QED) is 0.607. The second kappa shape index (κ2) is 5.58. The highest BCUT2D eigenvalue weighted by Gasteiger charge is 2.12. The molecule has 0 atom stereocenters. The number of nitrogens with zero attached hydrogens (tertiary/aromatic N) is 2. The predicted molar refractivity (Wildman–Crippen MR) is 84.2 cm³/mol. The molecule has 3 nitrogen and oxygen atoms in total. The molecule has 0 aliphatic carbocycles. The number of hydrogen-bond acceptors (Lipinski definition) is 3. The van der Waals surface area contributed by atoms with Crippen molar-refractivity contribution in [2.75, 3.05) is 7.11 Å². The lowest BCUT2D eigenvalue weighted by molar-refractivity contribution is 0.415. The number of aromatic nitrogens is 2. The lowest BCUT2D eigenvalue weighted by atomic mass is 10.2. The molecular formula is C15H9BrClFN2O. The van der Waals surface area contributed by atoms with Crippen LogP contribution in [-0.4, -0.2) is 17.1 Å². The summed E-state index contributed by atoms with van der Waals surface area (Å²) >= 11 is 9.66. The van der Waals surface area contributed by atoms with Gasteiger partial charge in [0.2, 0.25) is 0 Å². The lowest BCUT2D eigenvalue weighted by Crippen LogP contribution is -1.94. The molecule has 0 amide bonds. The van der Waals surface area contributed by atoms with Crippen molar-refractivity contribution in [2.45, 2.75) is 0 Å². The number of fused-ring (bicyclic) bond motifs is 1. The maximum atomic E-state index is 13.3. The van der Waals surface area contributed by atoms with E-state index in [0.29, 0.717) is 33.2 Å². The van der Waals surface area contributed by atoms with Gasteiger partial charge in [-0.1, -0.05) is 23.7 Å². The van der Waals surface area contributed by atoms with Crippen molar-refractivity contribution in [1.82, 2.24) is 9.97 Å². The number of halogens is 3. The topological polar surface area (TPSA) is 35.0 Å². The Bertz CT molecular complexity index is 841. The second-order valence-corrected chi connectivity index (χ2v) is 5.56. The molecule has 0 bridgehead atoms. The van der Waals surface area contributed by atoms with Crippen molar-refractivity contribution >= 4 is 38.4 Å². The summed E-state index contributed by atoms with van der Waals surface area (Å²) in [4.78, 5) is 8.69. The van der Waals surface area contributed by atoms with Gasteiger partial charge in [-0.25, -0.2) is 14.4 Å². The van der Waals surface area contributed by atoms with E-state index < -0.39 is 0 Å². The van der Waals surface area contributed by atoms with E-state index in [1.165, 1.54) is 12.1 Å². The summed E-state index contributed by atoms with van der Waals surface area (Å²) in [6, 6.07) is 9.62. The van der Waals surface area contributed by atoms with Gasteiger partial charge < -0.3 is 4.74 Å². The Morgan fingerprint density at radius 1 is 1.19 bits per heavy atom. The van der Waals surface area contributed by atoms with E-state index in [4.69, 9.17) is 16.3 Å². The molecule has 0 aliphatic rings. The first-order chi connectivity index (χ1) is 10.1. The highest BCUT2D eigenvalue weighted by atomic mass is 79.9. The number of benzene rings is 2. The first-order valence-electron chi connectivity index (χ1n) is 6.05. The molecule has 0 fully saturated rings. The standard InChI is InChI=1S/C15H9BrClFN2O/c1-21-10-6-11(16)13-12(7-10)19-15(20-14(13)17)8-3-2-4-9(18)5-8/h2-7H,1H3. The Hall–Kier alpha value is -1.72. The minimum absolute atomic E-state index is 0.300. The normalized spacial score (nSPS) is 10.9. The van der Waals surface area contributed by atoms with Crippen LogP contribution in [0.2, 0.25) is 5.15 Å². The van der Waals surface area contributed by atoms with E-state index in [0.717, 1.165) is 4.47 Å². The van der Waals surface area contributed by atoms with E-state index in [2.05, 4.69) is 25.9 Å². The van der Waals surface area contributed by atoms with Crippen molar-refractivity contribution in [3.8, 4) is 17.1 Å². The third-order valence-electron chi connectivity index (χ3n) is 3.00. The van der Waals surface area contributed by atoms with Gasteiger partial charge in [0.1, 0.15) is 16.7 Å². The number of hydrogen-bond donors (Lipinski definition) is 0. The Kier molecular flexibility index (Phi) is 3.78. The highest BCUT2D eigenvalue weighted by molar-refractivity contribution is 9.10. The van der Waals surface area contributed by atoms with Crippen molar-refractivity contribution in [3.05, 3.63) is 51.8 Å². The van der Waals surface area contributed by atoms with E-state index >= 15 is 0 Å². The summed E-state index contributed by atoms with van der Waals surface area (Å²) in [5, 5.41) is 0.992. The third-order valence-corrected chi connectivity index (χ3v) is 3.90. The maximum Gasteiger partial charge on any atom is 0.161 e. The molecule has 1 aromatic heterocycles. The monoisotopic (exact) mass is 366 g/mol. The van der Waals surface area contributed by atoms with E-state index in [9.17, 15) is 4.39 Å². The van der Waals surface area contributed by atoms with Crippen LogP contribution in [0.25, 0.3) is 22.3 Å². The smallest absolute Gasteiger partial charge is 0.161 e. The third kappa shape index (κ3) is 2.71. The summed E-state index contributed by atoms with van der Waals surface area (Å²) in [6.07, 6.45) is 0. The van der Waals surface area contributed by atoms with Gasteiger partial charge in [0.15, 0.2) is 5.82 Å². The fourth-order valence-corrected chi connectivity index (χ4v) is 3.03. The van der Waals surface area contributed by atoms with Crippen LogP contribution in [0.4, 0.5) is 4.39 Å². The average molecular weight is 368 g/mol. The van der Waals surface area contributed by atoms with Crippen molar-refractivity contribution < 1.29 is 9.13 Å². The molecule has 0 spiro atoms. The van der Waals surface area contributed by atoms with Crippen molar-refractivity contribution in [2.24, 2.45) is 0 Å². The first kappa shape index (κ1) is 14.2. The molecule has 3 rings (SSSR count). The molecule has 1 heterocycles. The minimum atomic E-state index is -0.348. The molecule has 0 aliphatic heterocycles. The van der Waals surface area contributed by atoms with Gasteiger partial charge >= 0.3 is 0 Å².